The molecule has 0 radical (unpaired) electrons. The molecule has 3 aromatic carbocycles. The molecule has 0 aliphatic carbocycles. The molecule has 0 saturated carbocycles. The van der Waals surface area contributed by atoms with Crippen molar-refractivity contribution in [2.24, 2.45) is 0 Å². The summed E-state index contributed by atoms with van der Waals surface area (Å²) >= 11 is 6.74. The van der Waals surface area contributed by atoms with Crippen molar-refractivity contribution < 1.29 is 0 Å². The fourth-order valence-electron chi connectivity index (χ4n) is 5.58. The lowest BCUT2D eigenvalue weighted by Gasteiger charge is -2.30. The maximum atomic E-state index is 6.74. The van der Waals surface area contributed by atoms with Gasteiger partial charge in [-0.1, -0.05) is 152 Å². The Hall–Kier alpha value is -3.10. The van der Waals surface area contributed by atoms with Crippen molar-refractivity contribution >= 4 is 23.0 Å². The van der Waals surface area contributed by atoms with Gasteiger partial charge in [0.1, 0.15) is 0 Å². The van der Waals surface area contributed by atoms with Gasteiger partial charge < -0.3 is 5.32 Å². The number of pyridine rings is 1. The van der Waals surface area contributed by atoms with E-state index < -0.39 is 0 Å². The van der Waals surface area contributed by atoms with E-state index >= 15 is 0 Å². The van der Waals surface area contributed by atoms with Gasteiger partial charge in [-0.25, -0.2) is 4.98 Å². The Morgan fingerprint density at radius 3 is 1.11 bits per heavy atom. The third kappa shape index (κ3) is 8.06. The summed E-state index contributed by atoms with van der Waals surface area (Å²) in [5.74, 6) is 0. The third-order valence-electron chi connectivity index (χ3n) is 8.98. The quantitative estimate of drug-likeness (QED) is 0.225. The molecule has 246 valence electrons. The first-order valence-electron chi connectivity index (χ1n) is 16.7. The molecule has 0 fully saturated rings. The average Bonchev–Trinajstić information content (AvgIpc) is 2.91. The lowest BCUT2D eigenvalue weighted by Crippen LogP contribution is -2.17. The van der Waals surface area contributed by atoms with Gasteiger partial charge in [0.25, 0.3) is 0 Å². The highest BCUT2D eigenvalue weighted by Gasteiger charge is 2.27. The largest absolute Gasteiger partial charge is 0.352 e. The summed E-state index contributed by atoms with van der Waals surface area (Å²) < 4.78 is 0. The second-order valence-corrected chi connectivity index (χ2v) is 18.6. The van der Waals surface area contributed by atoms with Gasteiger partial charge in [0, 0.05) is 17.3 Å². The molecule has 1 aromatic heterocycles. The molecule has 2 nitrogen and oxygen atoms in total. The van der Waals surface area contributed by atoms with Crippen molar-refractivity contribution in [1.82, 2.24) is 4.98 Å². The Morgan fingerprint density at radius 1 is 0.478 bits per heavy atom. The van der Waals surface area contributed by atoms with Crippen LogP contribution in [-0.4, -0.2) is 4.98 Å². The molecule has 4 aromatic rings. The van der Waals surface area contributed by atoms with Crippen LogP contribution in [0.4, 0.5) is 11.4 Å². The van der Waals surface area contributed by atoms with Crippen LogP contribution in [0.3, 0.4) is 0 Å². The number of anilines is 2. The predicted molar refractivity (Wildman–Crippen MR) is 203 cm³/mol. The van der Waals surface area contributed by atoms with E-state index in [1.54, 1.807) is 6.20 Å². The molecule has 0 aliphatic rings. The predicted octanol–water partition coefficient (Wildman–Crippen LogP) is 13.3. The molecular weight excluding hydrogens is 580 g/mol. The standard InChI is InChI=1S/C43H57ClN2/c1-39(2,3)29-19-27(20-30(23-29)40(4,5)6)34-25-33(43(13,14)15)26-35(37(34)46-36-17-16-18-45-38(36)44)28-21-31(41(7,8)9)24-32(22-28)42(10,11)12/h16-26,46H,1-15H3. The minimum absolute atomic E-state index is 0.0105. The number of halogens is 1. The maximum absolute atomic E-state index is 6.74. The molecule has 0 atom stereocenters. The van der Waals surface area contributed by atoms with E-state index in [4.69, 9.17) is 11.6 Å². The lowest BCUT2D eigenvalue weighted by molar-refractivity contribution is 0.568. The fraction of sp³-hybridized carbons (Fsp3) is 0.465. The van der Waals surface area contributed by atoms with E-state index in [0.29, 0.717) is 5.15 Å². The van der Waals surface area contributed by atoms with Gasteiger partial charge in [0.2, 0.25) is 0 Å². The van der Waals surface area contributed by atoms with Gasteiger partial charge in [-0.2, -0.15) is 0 Å². The summed E-state index contributed by atoms with van der Waals surface area (Å²) in [7, 11) is 0. The molecule has 1 N–H and O–H groups in total. The number of hydrogen-bond donors (Lipinski definition) is 1. The first-order chi connectivity index (χ1) is 20.9. The zero-order valence-electron chi connectivity index (χ0n) is 31.2. The lowest BCUT2D eigenvalue weighted by atomic mass is 9.76. The van der Waals surface area contributed by atoms with Crippen molar-refractivity contribution in [1.29, 1.82) is 0 Å². The topological polar surface area (TPSA) is 24.9 Å². The van der Waals surface area contributed by atoms with E-state index in [1.807, 2.05) is 12.1 Å². The van der Waals surface area contributed by atoms with Crippen molar-refractivity contribution in [3.63, 3.8) is 0 Å². The molecule has 0 aliphatic heterocycles. The van der Waals surface area contributed by atoms with E-state index in [1.165, 1.54) is 38.9 Å². The van der Waals surface area contributed by atoms with Crippen LogP contribution in [0.1, 0.15) is 132 Å². The SMILES string of the molecule is CC(C)(C)c1cc(-c2cc(C(C)(C)C)cc(-c3cc(C(C)(C)C)cc(C(C)(C)C)c3)c2Nc2cccnc2Cl)cc(C(C)(C)C)c1. The minimum Gasteiger partial charge on any atom is -0.352 e. The van der Waals surface area contributed by atoms with Gasteiger partial charge in [0.15, 0.2) is 5.15 Å². The van der Waals surface area contributed by atoms with Crippen LogP contribution in [0.5, 0.6) is 0 Å². The molecule has 46 heavy (non-hydrogen) atoms. The molecule has 4 rings (SSSR count). The monoisotopic (exact) mass is 636 g/mol. The highest BCUT2D eigenvalue weighted by atomic mass is 35.5. The van der Waals surface area contributed by atoms with E-state index in [2.05, 4.69) is 163 Å². The van der Waals surface area contributed by atoms with E-state index in [9.17, 15) is 0 Å². The second kappa shape index (κ2) is 12.2. The molecular formula is C43H57ClN2. The number of aromatic nitrogens is 1. The molecule has 0 bridgehead atoms. The van der Waals surface area contributed by atoms with Crippen LogP contribution in [-0.2, 0) is 27.1 Å². The Labute approximate surface area is 285 Å². The fourth-order valence-corrected chi connectivity index (χ4v) is 5.74. The average molecular weight is 637 g/mol. The highest BCUT2D eigenvalue weighted by molar-refractivity contribution is 6.32. The molecule has 1 heterocycles. The van der Waals surface area contributed by atoms with Crippen LogP contribution in [0.25, 0.3) is 22.3 Å². The van der Waals surface area contributed by atoms with Crippen molar-refractivity contribution in [3.8, 4) is 22.3 Å². The number of rotatable bonds is 4. The summed E-state index contributed by atoms with van der Waals surface area (Å²) in [5.41, 5.74) is 13.1. The maximum Gasteiger partial charge on any atom is 0.152 e. The number of hydrogen-bond acceptors (Lipinski definition) is 2. The van der Waals surface area contributed by atoms with Crippen molar-refractivity contribution in [2.75, 3.05) is 5.32 Å². The van der Waals surface area contributed by atoms with Crippen molar-refractivity contribution in [3.05, 3.63) is 99.8 Å². The van der Waals surface area contributed by atoms with Crippen LogP contribution in [0.15, 0.2) is 66.9 Å². The summed E-state index contributed by atoms with van der Waals surface area (Å²) in [6.07, 6.45) is 1.74. The second-order valence-electron chi connectivity index (χ2n) is 18.3. The van der Waals surface area contributed by atoms with Crippen molar-refractivity contribution in [2.45, 2.75) is 131 Å². The summed E-state index contributed by atoms with van der Waals surface area (Å²) in [4.78, 5) is 4.43. The van der Waals surface area contributed by atoms with E-state index in [-0.39, 0.29) is 27.1 Å². The normalized spacial score (nSPS) is 13.2. The molecule has 0 unspecified atom stereocenters. The third-order valence-corrected chi connectivity index (χ3v) is 9.28. The first kappa shape index (κ1) is 35.7. The Kier molecular flexibility index (Phi) is 9.46. The summed E-state index contributed by atoms with van der Waals surface area (Å²) in [5, 5.41) is 4.28. The number of benzene rings is 3. The molecule has 0 saturated heterocycles. The number of nitrogens with one attached hydrogen (secondary N) is 1. The van der Waals surface area contributed by atoms with Gasteiger partial charge in [0.05, 0.1) is 11.4 Å². The molecule has 0 amide bonds. The van der Waals surface area contributed by atoms with Gasteiger partial charge >= 0.3 is 0 Å². The van der Waals surface area contributed by atoms with Crippen LogP contribution in [0, 0.1) is 0 Å². The summed E-state index contributed by atoms with van der Waals surface area (Å²) in [6.45, 7) is 34.5. The zero-order chi connectivity index (χ0) is 34.6. The highest BCUT2D eigenvalue weighted by Crippen LogP contribution is 2.46. The van der Waals surface area contributed by atoms with Crippen LogP contribution in [0.2, 0.25) is 5.15 Å². The molecule has 3 heteroatoms. The van der Waals surface area contributed by atoms with Gasteiger partial charge in [-0.3, -0.25) is 0 Å². The summed E-state index contributed by atoms with van der Waals surface area (Å²) in [6, 6.07) is 23.1. The van der Waals surface area contributed by atoms with Crippen LogP contribution >= 0.6 is 11.6 Å². The Morgan fingerprint density at radius 2 is 0.804 bits per heavy atom. The first-order valence-corrected chi connectivity index (χ1v) is 17.1. The number of nitrogens with zero attached hydrogens (tertiary/aromatic N) is 1. The minimum atomic E-state index is -0.0725. The Bertz CT molecular complexity index is 1560. The smallest absolute Gasteiger partial charge is 0.152 e. The Balaban J connectivity index is 2.23. The van der Waals surface area contributed by atoms with Crippen LogP contribution < -0.4 is 5.32 Å². The van der Waals surface area contributed by atoms with E-state index in [0.717, 1.165) is 22.5 Å². The van der Waals surface area contributed by atoms with Gasteiger partial charge in [-0.05, 0) is 90.3 Å². The zero-order valence-corrected chi connectivity index (χ0v) is 31.9. The van der Waals surface area contributed by atoms with Gasteiger partial charge in [-0.15, -0.1) is 0 Å². The molecule has 0 spiro atoms.